The summed E-state index contributed by atoms with van der Waals surface area (Å²) in [7, 11) is 0. The quantitative estimate of drug-likeness (QED) is 0.768. The van der Waals surface area contributed by atoms with Crippen molar-refractivity contribution in [1.82, 2.24) is 4.90 Å². The molecule has 0 aromatic heterocycles. The van der Waals surface area contributed by atoms with Gasteiger partial charge in [-0.1, -0.05) is 23.7 Å². The van der Waals surface area contributed by atoms with E-state index in [9.17, 15) is 9.59 Å². The van der Waals surface area contributed by atoms with Crippen molar-refractivity contribution < 1.29 is 9.59 Å². The molecule has 0 saturated heterocycles. The van der Waals surface area contributed by atoms with Crippen LogP contribution in [0.25, 0.3) is 0 Å². The van der Waals surface area contributed by atoms with Gasteiger partial charge in [-0.05, 0) is 18.6 Å². The zero-order chi connectivity index (χ0) is 11.0. The first-order valence-corrected chi connectivity index (χ1v) is 5.03. The lowest BCUT2D eigenvalue weighted by Crippen LogP contribution is -2.28. The molecule has 4 heteroatoms. The van der Waals surface area contributed by atoms with Gasteiger partial charge in [0, 0.05) is 6.54 Å². The number of Topliss-reactive ketones (excluding diaryl/α,β-unsaturated/α-hetero) is 1. The van der Waals surface area contributed by atoms with Crippen LogP contribution in [0.15, 0.2) is 18.2 Å². The maximum Gasteiger partial charge on any atom is 0.256 e. The van der Waals surface area contributed by atoms with Crippen molar-refractivity contribution in [2.45, 2.75) is 13.5 Å². The first kappa shape index (κ1) is 10.2. The molecular formula is C11H10ClNO2. The highest BCUT2D eigenvalue weighted by atomic mass is 35.5. The molecule has 15 heavy (non-hydrogen) atoms. The molecule has 2 rings (SSSR count). The molecule has 1 aromatic carbocycles. The number of halogens is 1. The molecule has 1 aliphatic heterocycles. The maximum absolute atomic E-state index is 11.8. The molecule has 0 unspecified atom stereocenters. The maximum atomic E-state index is 11.8. The summed E-state index contributed by atoms with van der Waals surface area (Å²) in [5, 5.41) is 0.462. The van der Waals surface area contributed by atoms with Gasteiger partial charge in [0.1, 0.15) is 5.78 Å². The third-order valence-corrected chi connectivity index (χ3v) is 2.69. The molecule has 0 N–H and O–H groups in total. The number of rotatable bonds is 2. The summed E-state index contributed by atoms with van der Waals surface area (Å²) >= 11 is 5.93. The fourth-order valence-corrected chi connectivity index (χ4v) is 2.05. The summed E-state index contributed by atoms with van der Waals surface area (Å²) in [5.74, 6) is -0.168. The van der Waals surface area contributed by atoms with Crippen LogP contribution in [0.1, 0.15) is 22.8 Å². The zero-order valence-corrected chi connectivity index (χ0v) is 9.04. The largest absolute Gasteiger partial charge is 0.327 e. The Bertz CT molecular complexity index is 442. The molecule has 0 fully saturated rings. The number of amides is 1. The predicted octanol–water partition coefficient (Wildman–Crippen LogP) is 1.88. The highest BCUT2D eigenvalue weighted by Gasteiger charge is 2.29. The highest BCUT2D eigenvalue weighted by Crippen LogP contribution is 2.28. The van der Waals surface area contributed by atoms with Crippen molar-refractivity contribution >= 4 is 23.3 Å². The Hall–Kier alpha value is -1.35. The Morgan fingerprint density at radius 1 is 1.53 bits per heavy atom. The molecule has 0 radical (unpaired) electrons. The fourth-order valence-electron chi connectivity index (χ4n) is 1.77. The molecule has 78 valence electrons. The second-order valence-corrected chi connectivity index (χ2v) is 4.04. The van der Waals surface area contributed by atoms with Crippen LogP contribution in [-0.4, -0.2) is 23.1 Å². The predicted molar refractivity (Wildman–Crippen MR) is 56.9 cm³/mol. The van der Waals surface area contributed by atoms with E-state index in [4.69, 9.17) is 11.6 Å². The van der Waals surface area contributed by atoms with E-state index in [0.29, 0.717) is 17.1 Å². The molecular weight excluding hydrogens is 214 g/mol. The van der Waals surface area contributed by atoms with Crippen molar-refractivity contribution in [1.29, 1.82) is 0 Å². The minimum Gasteiger partial charge on any atom is -0.327 e. The number of carbonyl (C=O) groups is 2. The van der Waals surface area contributed by atoms with Crippen LogP contribution >= 0.6 is 11.6 Å². The van der Waals surface area contributed by atoms with Crippen LogP contribution < -0.4 is 0 Å². The van der Waals surface area contributed by atoms with Crippen LogP contribution in [-0.2, 0) is 11.3 Å². The summed E-state index contributed by atoms with van der Waals surface area (Å²) in [6, 6.07) is 5.36. The summed E-state index contributed by atoms with van der Waals surface area (Å²) in [5.41, 5.74) is 1.44. The van der Waals surface area contributed by atoms with Gasteiger partial charge in [-0.3, -0.25) is 9.59 Å². The van der Waals surface area contributed by atoms with E-state index < -0.39 is 0 Å². The standard InChI is InChI=1S/C11H10ClNO2/c1-7(14)5-13-6-8-3-2-4-9(12)10(8)11(13)15/h2-4H,5-6H2,1H3. The van der Waals surface area contributed by atoms with E-state index in [0.717, 1.165) is 5.56 Å². The third kappa shape index (κ3) is 1.75. The number of fused-ring (bicyclic) bond motifs is 1. The van der Waals surface area contributed by atoms with E-state index >= 15 is 0 Å². The van der Waals surface area contributed by atoms with Crippen LogP contribution in [0, 0.1) is 0 Å². The first-order valence-electron chi connectivity index (χ1n) is 4.65. The molecule has 3 nitrogen and oxygen atoms in total. The number of ketones is 1. The monoisotopic (exact) mass is 223 g/mol. The Morgan fingerprint density at radius 3 is 2.87 bits per heavy atom. The van der Waals surface area contributed by atoms with Gasteiger partial charge in [-0.2, -0.15) is 0 Å². The van der Waals surface area contributed by atoms with Crippen molar-refractivity contribution in [2.24, 2.45) is 0 Å². The van der Waals surface area contributed by atoms with Crippen LogP contribution in [0.2, 0.25) is 5.02 Å². The lowest BCUT2D eigenvalue weighted by atomic mass is 10.1. The molecule has 0 saturated carbocycles. The van der Waals surface area contributed by atoms with Gasteiger partial charge in [-0.25, -0.2) is 0 Å². The highest BCUT2D eigenvalue weighted by molar-refractivity contribution is 6.34. The fraction of sp³-hybridized carbons (Fsp3) is 0.273. The van der Waals surface area contributed by atoms with Gasteiger partial charge in [-0.15, -0.1) is 0 Å². The van der Waals surface area contributed by atoms with E-state index in [-0.39, 0.29) is 18.2 Å². The number of nitrogens with zero attached hydrogens (tertiary/aromatic N) is 1. The van der Waals surface area contributed by atoms with E-state index in [2.05, 4.69) is 0 Å². The average molecular weight is 224 g/mol. The molecule has 1 amide bonds. The zero-order valence-electron chi connectivity index (χ0n) is 8.29. The lowest BCUT2D eigenvalue weighted by Gasteiger charge is -2.12. The minimum atomic E-state index is -0.147. The van der Waals surface area contributed by atoms with Gasteiger partial charge >= 0.3 is 0 Å². The Morgan fingerprint density at radius 2 is 2.27 bits per heavy atom. The SMILES string of the molecule is CC(=O)CN1Cc2cccc(Cl)c2C1=O. The van der Waals surface area contributed by atoms with Crippen molar-refractivity contribution in [3.63, 3.8) is 0 Å². The molecule has 0 spiro atoms. The second-order valence-electron chi connectivity index (χ2n) is 3.64. The number of hydrogen-bond acceptors (Lipinski definition) is 2. The lowest BCUT2D eigenvalue weighted by molar-refractivity contribution is -0.117. The smallest absolute Gasteiger partial charge is 0.256 e. The molecule has 0 atom stereocenters. The molecule has 1 heterocycles. The first-order chi connectivity index (χ1) is 7.09. The summed E-state index contributed by atoms with van der Waals surface area (Å²) in [4.78, 5) is 24.3. The molecule has 0 aliphatic carbocycles. The Kier molecular flexibility index (Phi) is 2.49. The molecule has 0 bridgehead atoms. The number of benzene rings is 1. The summed E-state index contributed by atoms with van der Waals surface area (Å²) in [6.07, 6.45) is 0. The minimum absolute atomic E-state index is 0.0210. The van der Waals surface area contributed by atoms with Crippen molar-refractivity contribution in [3.8, 4) is 0 Å². The van der Waals surface area contributed by atoms with Gasteiger partial charge < -0.3 is 4.90 Å². The summed E-state index contributed by atoms with van der Waals surface area (Å²) in [6.45, 7) is 2.11. The van der Waals surface area contributed by atoms with Crippen LogP contribution in [0.4, 0.5) is 0 Å². The normalized spacial score (nSPS) is 14.3. The van der Waals surface area contributed by atoms with Crippen LogP contribution in [0.3, 0.4) is 0 Å². The third-order valence-electron chi connectivity index (χ3n) is 2.38. The number of hydrogen-bond donors (Lipinski definition) is 0. The van der Waals surface area contributed by atoms with Crippen molar-refractivity contribution in [2.75, 3.05) is 6.54 Å². The van der Waals surface area contributed by atoms with Gasteiger partial charge in [0.2, 0.25) is 0 Å². The van der Waals surface area contributed by atoms with E-state index in [1.165, 1.54) is 11.8 Å². The topological polar surface area (TPSA) is 37.4 Å². The second kappa shape index (κ2) is 3.66. The van der Waals surface area contributed by atoms with Crippen molar-refractivity contribution in [3.05, 3.63) is 34.3 Å². The van der Waals surface area contributed by atoms with Gasteiger partial charge in [0.15, 0.2) is 0 Å². The average Bonchev–Trinajstić information content (AvgIpc) is 2.44. The Balaban J connectivity index is 2.34. The number of carbonyl (C=O) groups excluding carboxylic acids is 2. The summed E-state index contributed by atoms with van der Waals surface area (Å²) < 4.78 is 0. The van der Waals surface area contributed by atoms with Crippen LogP contribution in [0.5, 0.6) is 0 Å². The Labute approximate surface area is 92.6 Å². The van der Waals surface area contributed by atoms with E-state index in [1.54, 1.807) is 6.07 Å². The molecule has 1 aliphatic rings. The van der Waals surface area contributed by atoms with E-state index in [1.807, 2.05) is 12.1 Å². The molecule has 1 aromatic rings. The van der Waals surface area contributed by atoms with Gasteiger partial charge in [0.05, 0.1) is 17.1 Å². The van der Waals surface area contributed by atoms with Gasteiger partial charge in [0.25, 0.3) is 5.91 Å².